The molecule has 3 rings (SSSR count). The van der Waals surface area contributed by atoms with Gasteiger partial charge in [-0.05, 0) is 42.0 Å². The monoisotopic (exact) mass is 458 g/mol. The van der Waals surface area contributed by atoms with Gasteiger partial charge in [0, 0.05) is 18.5 Å². The first-order chi connectivity index (χ1) is 14.7. The predicted molar refractivity (Wildman–Crippen MR) is 119 cm³/mol. The molecule has 3 aromatic rings. The molecule has 0 spiro atoms. The molecule has 1 amide bonds. The van der Waals surface area contributed by atoms with Gasteiger partial charge in [-0.25, -0.2) is 16.8 Å². The Morgan fingerprint density at radius 3 is 1.87 bits per heavy atom. The van der Waals surface area contributed by atoms with Gasteiger partial charge in [0.15, 0.2) is 9.84 Å². The van der Waals surface area contributed by atoms with E-state index in [0.717, 1.165) is 16.1 Å². The maximum absolute atomic E-state index is 13.2. The third kappa shape index (κ3) is 6.00. The van der Waals surface area contributed by atoms with E-state index in [2.05, 4.69) is 5.32 Å². The molecule has 7 nitrogen and oxygen atoms in total. The van der Waals surface area contributed by atoms with Crippen LogP contribution < -0.4 is 5.32 Å². The lowest BCUT2D eigenvalue weighted by atomic mass is 10.2. The van der Waals surface area contributed by atoms with E-state index < -0.39 is 32.3 Å². The Morgan fingerprint density at radius 1 is 0.774 bits per heavy atom. The number of amides is 1. The minimum absolute atomic E-state index is 0.0263. The smallest absolute Gasteiger partial charge is 0.243 e. The zero-order valence-electron chi connectivity index (χ0n) is 16.8. The van der Waals surface area contributed by atoms with E-state index in [1.807, 2.05) is 6.07 Å². The van der Waals surface area contributed by atoms with E-state index in [0.29, 0.717) is 5.69 Å². The van der Waals surface area contributed by atoms with Gasteiger partial charge in [-0.3, -0.25) is 4.79 Å². The standard InChI is InChI=1S/C22H22N2O5S2/c1-30(26,27)20-14-12-19(13-15-20)23-22(25)17-24(16-18-8-4-2-5-9-18)31(28,29)21-10-6-3-7-11-21/h2-15H,16-17H2,1H3,(H,23,25). The van der Waals surface area contributed by atoms with Crippen LogP contribution in [0.4, 0.5) is 5.69 Å². The van der Waals surface area contributed by atoms with Gasteiger partial charge in [-0.1, -0.05) is 48.5 Å². The molecule has 162 valence electrons. The van der Waals surface area contributed by atoms with Crippen molar-refractivity contribution in [1.82, 2.24) is 4.31 Å². The van der Waals surface area contributed by atoms with Gasteiger partial charge in [-0.2, -0.15) is 4.31 Å². The van der Waals surface area contributed by atoms with Crippen molar-refractivity contribution in [1.29, 1.82) is 0 Å². The fourth-order valence-corrected chi connectivity index (χ4v) is 4.94. The van der Waals surface area contributed by atoms with Crippen molar-refractivity contribution in [2.24, 2.45) is 0 Å². The largest absolute Gasteiger partial charge is 0.325 e. The summed E-state index contributed by atoms with van der Waals surface area (Å²) < 4.78 is 50.6. The maximum Gasteiger partial charge on any atom is 0.243 e. The number of rotatable bonds is 8. The van der Waals surface area contributed by atoms with Crippen molar-refractivity contribution < 1.29 is 21.6 Å². The van der Waals surface area contributed by atoms with E-state index in [1.54, 1.807) is 42.5 Å². The average Bonchev–Trinajstić information content (AvgIpc) is 2.74. The zero-order valence-corrected chi connectivity index (χ0v) is 18.4. The van der Waals surface area contributed by atoms with Crippen LogP contribution in [0.25, 0.3) is 0 Å². The minimum Gasteiger partial charge on any atom is -0.325 e. The molecule has 0 aliphatic heterocycles. The highest BCUT2D eigenvalue weighted by atomic mass is 32.2. The summed E-state index contributed by atoms with van der Waals surface area (Å²) in [6.45, 7) is -0.377. The Hall–Kier alpha value is -3.01. The van der Waals surface area contributed by atoms with Crippen molar-refractivity contribution in [3.05, 3.63) is 90.5 Å². The molecule has 0 radical (unpaired) electrons. The summed E-state index contributed by atoms with van der Waals surface area (Å²) in [5.41, 5.74) is 1.11. The van der Waals surface area contributed by atoms with Crippen LogP contribution in [-0.4, -0.2) is 39.8 Å². The van der Waals surface area contributed by atoms with Crippen molar-refractivity contribution in [3.63, 3.8) is 0 Å². The fraction of sp³-hybridized carbons (Fsp3) is 0.136. The van der Waals surface area contributed by atoms with Crippen LogP contribution in [0.15, 0.2) is 94.7 Å². The normalized spacial score (nSPS) is 11.9. The van der Waals surface area contributed by atoms with Crippen LogP contribution in [0, 0.1) is 0 Å². The van der Waals surface area contributed by atoms with E-state index in [-0.39, 0.29) is 16.3 Å². The van der Waals surface area contributed by atoms with Crippen LogP contribution in [0.1, 0.15) is 5.56 Å². The first-order valence-corrected chi connectivity index (χ1v) is 12.7. The van der Waals surface area contributed by atoms with Crippen LogP contribution in [0.2, 0.25) is 0 Å². The zero-order chi connectivity index (χ0) is 22.5. The van der Waals surface area contributed by atoms with Crippen molar-refractivity contribution in [2.75, 3.05) is 18.1 Å². The number of sulfonamides is 1. The second-order valence-electron chi connectivity index (χ2n) is 6.92. The number of benzene rings is 3. The molecule has 0 unspecified atom stereocenters. The second-order valence-corrected chi connectivity index (χ2v) is 10.9. The van der Waals surface area contributed by atoms with Gasteiger partial charge >= 0.3 is 0 Å². The molecule has 9 heteroatoms. The van der Waals surface area contributed by atoms with Crippen molar-refractivity contribution in [2.45, 2.75) is 16.3 Å². The number of anilines is 1. The summed E-state index contributed by atoms with van der Waals surface area (Å²) in [7, 11) is -7.27. The summed E-state index contributed by atoms with van der Waals surface area (Å²) in [5.74, 6) is -0.539. The highest BCUT2D eigenvalue weighted by Crippen LogP contribution is 2.19. The fourth-order valence-electron chi connectivity index (χ4n) is 2.90. The topological polar surface area (TPSA) is 101 Å². The molecule has 0 aromatic heterocycles. The summed E-state index contributed by atoms with van der Waals surface area (Å²) in [6.07, 6.45) is 1.09. The predicted octanol–water partition coefficient (Wildman–Crippen LogP) is 2.92. The highest BCUT2D eigenvalue weighted by molar-refractivity contribution is 7.90. The molecular formula is C22H22N2O5S2. The third-order valence-corrected chi connectivity index (χ3v) is 7.40. The van der Waals surface area contributed by atoms with Gasteiger partial charge in [0.05, 0.1) is 16.3 Å². The second kappa shape index (κ2) is 9.42. The number of carbonyl (C=O) groups is 1. The molecular weight excluding hydrogens is 436 g/mol. The Labute approximate surface area is 182 Å². The molecule has 0 bridgehead atoms. The first-order valence-electron chi connectivity index (χ1n) is 9.35. The number of nitrogens with zero attached hydrogens (tertiary/aromatic N) is 1. The van der Waals surface area contributed by atoms with E-state index in [4.69, 9.17) is 0 Å². The third-order valence-electron chi connectivity index (χ3n) is 4.47. The number of nitrogens with one attached hydrogen (secondary N) is 1. The van der Waals surface area contributed by atoms with Gasteiger partial charge in [0.2, 0.25) is 15.9 Å². The van der Waals surface area contributed by atoms with E-state index in [9.17, 15) is 21.6 Å². The van der Waals surface area contributed by atoms with Gasteiger partial charge in [0.1, 0.15) is 0 Å². The van der Waals surface area contributed by atoms with Gasteiger partial charge in [-0.15, -0.1) is 0 Å². The van der Waals surface area contributed by atoms with Gasteiger partial charge in [0.25, 0.3) is 0 Å². The Bertz CT molecular complexity index is 1240. The lowest BCUT2D eigenvalue weighted by Crippen LogP contribution is -2.37. The molecule has 0 aliphatic rings. The summed E-state index contributed by atoms with van der Waals surface area (Å²) in [6, 6.07) is 22.6. The molecule has 0 aliphatic carbocycles. The molecule has 31 heavy (non-hydrogen) atoms. The van der Waals surface area contributed by atoms with Gasteiger partial charge < -0.3 is 5.32 Å². The SMILES string of the molecule is CS(=O)(=O)c1ccc(NC(=O)CN(Cc2ccccc2)S(=O)(=O)c2ccccc2)cc1. The summed E-state index contributed by atoms with van der Waals surface area (Å²) >= 11 is 0. The number of hydrogen-bond donors (Lipinski definition) is 1. The Balaban J connectivity index is 1.82. The first kappa shape index (κ1) is 22.7. The number of sulfone groups is 1. The molecule has 0 saturated carbocycles. The Kier molecular flexibility index (Phi) is 6.89. The summed E-state index contributed by atoms with van der Waals surface area (Å²) in [5, 5.41) is 2.62. The summed E-state index contributed by atoms with van der Waals surface area (Å²) in [4.78, 5) is 12.9. The van der Waals surface area contributed by atoms with Crippen LogP contribution >= 0.6 is 0 Å². The molecule has 0 saturated heterocycles. The van der Waals surface area contributed by atoms with E-state index >= 15 is 0 Å². The van der Waals surface area contributed by atoms with Crippen LogP contribution in [0.3, 0.4) is 0 Å². The molecule has 1 N–H and O–H groups in total. The molecule has 3 aromatic carbocycles. The minimum atomic E-state index is -3.92. The highest BCUT2D eigenvalue weighted by Gasteiger charge is 2.26. The molecule has 0 fully saturated rings. The molecule has 0 atom stereocenters. The molecule has 0 heterocycles. The lowest BCUT2D eigenvalue weighted by Gasteiger charge is -2.22. The van der Waals surface area contributed by atoms with E-state index in [1.165, 1.54) is 36.4 Å². The maximum atomic E-state index is 13.2. The number of carbonyl (C=O) groups excluding carboxylic acids is 1. The quantitative estimate of drug-likeness (QED) is 0.559. The average molecular weight is 459 g/mol. The lowest BCUT2D eigenvalue weighted by molar-refractivity contribution is -0.116. The Morgan fingerprint density at radius 2 is 1.32 bits per heavy atom. The van der Waals surface area contributed by atoms with Crippen LogP contribution in [0.5, 0.6) is 0 Å². The number of hydrogen-bond acceptors (Lipinski definition) is 5. The van der Waals surface area contributed by atoms with Crippen molar-refractivity contribution in [3.8, 4) is 0 Å². The van der Waals surface area contributed by atoms with Crippen LogP contribution in [-0.2, 0) is 31.2 Å². The van der Waals surface area contributed by atoms with Crippen molar-refractivity contribution >= 4 is 31.5 Å².